The Morgan fingerprint density at radius 3 is 2.71 bits per heavy atom. The van der Waals surface area contributed by atoms with Crippen LogP contribution in [0.4, 0.5) is 5.69 Å². The number of anilines is 1. The van der Waals surface area contributed by atoms with Crippen molar-refractivity contribution in [1.82, 2.24) is 15.2 Å². The largest absolute Gasteiger partial charge is 0.321 e. The van der Waals surface area contributed by atoms with Crippen LogP contribution in [0.3, 0.4) is 0 Å². The second-order valence-electron chi connectivity index (χ2n) is 4.37. The van der Waals surface area contributed by atoms with Gasteiger partial charge in [0, 0.05) is 28.7 Å². The summed E-state index contributed by atoms with van der Waals surface area (Å²) >= 11 is 5.88. The van der Waals surface area contributed by atoms with Gasteiger partial charge in [0.2, 0.25) is 0 Å². The van der Waals surface area contributed by atoms with Crippen LogP contribution in [0.5, 0.6) is 0 Å². The van der Waals surface area contributed by atoms with E-state index in [4.69, 9.17) is 11.6 Å². The Morgan fingerprint density at radius 2 is 1.95 bits per heavy atom. The van der Waals surface area contributed by atoms with Crippen molar-refractivity contribution in [2.45, 2.75) is 0 Å². The minimum atomic E-state index is -0.273. The van der Waals surface area contributed by atoms with Gasteiger partial charge in [-0.2, -0.15) is 5.10 Å². The van der Waals surface area contributed by atoms with E-state index in [1.165, 1.54) is 0 Å². The Kier molecular flexibility index (Phi) is 3.66. The van der Waals surface area contributed by atoms with Gasteiger partial charge in [-0.25, -0.2) is 0 Å². The van der Waals surface area contributed by atoms with E-state index in [1.807, 2.05) is 12.1 Å². The van der Waals surface area contributed by atoms with E-state index in [0.717, 1.165) is 5.56 Å². The number of halogens is 1. The summed E-state index contributed by atoms with van der Waals surface area (Å²) in [5, 5.41) is 10.2. The third-order valence-corrected chi connectivity index (χ3v) is 3.12. The van der Waals surface area contributed by atoms with Crippen molar-refractivity contribution < 1.29 is 4.79 Å². The molecule has 2 aromatic heterocycles. The van der Waals surface area contributed by atoms with Crippen LogP contribution in [-0.2, 0) is 0 Å². The highest BCUT2D eigenvalue weighted by molar-refractivity contribution is 6.30. The fourth-order valence-electron chi connectivity index (χ4n) is 1.87. The molecule has 1 amide bonds. The standard InChI is InChI=1S/C15H11ClN4O/c16-11-2-1-3-12(8-11)18-15(21)14-9-13(19-20-14)10-4-6-17-7-5-10/h1-9H,(H,18,21)(H,19,20). The molecule has 3 rings (SSSR count). The van der Waals surface area contributed by atoms with Crippen LogP contribution < -0.4 is 5.32 Å². The number of hydrogen-bond donors (Lipinski definition) is 2. The van der Waals surface area contributed by atoms with Crippen molar-refractivity contribution in [2.24, 2.45) is 0 Å². The number of nitrogens with one attached hydrogen (secondary N) is 2. The number of H-pyrrole nitrogens is 1. The SMILES string of the molecule is O=C(Nc1cccc(Cl)c1)c1cc(-c2ccncc2)n[nH]1. The summed E-state index contributed by atoms with van der Waals surface area (Å²) in [4.78, 5) is 16.1. The van der Waals surface area contributed by atoms with Gasteiger partial charge >= 0.3 is 0 Å². The second-order valence-corrected chi connectivity index (χ2v) is 4.80. The highest BCUT2D eigenvalue weighted by Gasteiger charge is 2.11. The number of hydrogen-bond acceptors (Lipinski definition) is 3. The number of benzene rings is 1. The van der Waals surface area contributed by atoms with Crippen LogP contribution in [0.2, 0.25) is 5.02 Å². The summed E-state index contributed by atoms with van der Waals surface area (Å²) in [6.45, 7) is 0. The Balaban J connectivity index is 1.78. The van der Waals surface area contributed by atoms with Crippen molar-refractivity contribution in [2.75, 3.05) is 5.32 Å². The van der Waals surface area contributed by atoms with E-state index >= 15 is 0 Å². The summed E-state index contributed by atoms with van der Waals surface area (Å²) < 4.78 is 0. The third-order valence-electron chi connectivity index (χ3n) is 2.88. The van der Waals surface area contributed by atoms with Crippen LogP contribution in [-0.4, -0.2) is 21.1 Å². The number of nitrogens with zero attached hydrogens (tertiary/aromatic N) is 2. The minimum Gasteiger partial charge on any atom is -0.321 e. The fraction of sp³-hybridized carbons (Fsp3) is 0. The van der Waals surface area contributed by atoms with E-state index in [1.54, 1.807) is 42.7 Å². The minimum absolute atomic E-state index is 0.273. The van der Waals surface area contributed by atoms with Crippen molar-refractivity contribution >= 4 is 23.2 Å². The van der Waals surface area contributed by atoms with Gasteiger partial charge in [-0.1, -0.05) is 17.7 Å². The maximum Gasteiger partial charge on any atom is 0.273 e. The molecule has 0 spiro atoms. The predicted molar refractivity (Wildman–Crippen MR) is 81.2 cm³/mol. The van der Waals surface area contributed by atoms with Gasteiger partial charge in [-0.15, -0.1) is 0 Å². The molecule has 0 unspecified atom stereocenters. The van der Waals surface area contributed by atoms with Gasteiger partial charge in [0.15, 0.2) is 0 Å². The summed E-state index contributed by atoms with van der Waals surface area (Å²) in [7, 11) is 0. The highest BCUT2D eigenvalue weighted by atomic mass is 35.5. The van der Waals surface area contributed by atoms with Crippen molar-refractivity contribution in [3.8, 4) is 11.3 Å². The zero-order chi connectivity index (χ0) is 14.7. The predicted octanol–water partition coefficient (Wildman–Crippen LogP) is 3.38. The molecule has 0 fully saturated rings. The Bertz CT molecular complexity index is 770. The van der Waals surface area contributed by atoms with Gasteiger partial charge in [-0.05, 0) is 36.4 Å². The molecule has 2 N–H and O–H groups in total. The van der Waals surface area contributed by atoms with Crippen LogP contribution in [0, 0.1) is 0 Å². The molecule has 0 bridgehead atoms. The lowest BCUT2D eigenvalue weighted by molar-refractivity contribution is 0.102. The number of pyridine rings is 1. The molecule has 0 aliphatic heterocycles. The Morgan fingerprint density at radius 1 is 1.14 bits per heavy atom. The Hall–Kier alpha value is -2.66. The van der Waals surface area contributed by atoms with Crippen LogP contribution in [0.1, 0.15) is 10.5 Å². The lowest BCUT2D eigenvalue weighted by Crippen LogP contribution is -2.12. The zero-order valence-corrected chi connectivity index (χ0v) is 11.6. The molecule has 0 saturated heterocycles. The average molecular weight is 299 g/mol. The maximum absolute atomic E-state index is 12.1. The smallest absolute Gasteiger partial charge is 0.273 e. The summed E-state index contributed by atoms with van der Waals surface area (Å²) in [6, 6.07) is 12.3. The molecular weight excluding hydrogens is 288 g/mol. The normalized spacial score (nSPS) is 10.3. The molecule has 0 aliphatic rings. The molecule has 0 aliphatic carbocycles. The number of carbonyl (C=O) groups is 1. The van der Waals surface area contributed by atoms with Crippen LogP contribution in [0.15, 0.2) is 54.9 Å². The first kappa shape index (κ1) is 13.3. The molecule has 0 atom stereocenters. The molecule has 1 aromatic carbocycles. The number of aromatic amines is 1. The van der Waals surface area contributed by atoms with E-state index in [2.05, 4.69) is 20.5 Å². The molecule has 3 aromatic rings. The van der Waals surface area contributed by atoms with Gasteiger partial charge in [0.25, 0.3) is 5.91 Å². The maximum atomic E-state index is 12.1. The molecule has 0 radical (unpaired) electrons. The van der Waals surface area contributed by atoms with E-state index in [9.17, 15) is 4.79 Å². The summed E-state index contributed by atoms with van der Waals surface area (Å²) in [5.74, 6) is -0.273. The van der Waals surface area contributed by atoms with Crippen molar-refractivity contribution in [3.63, 3.8) is 0 Å². The van der Waals surface area contributed by atoms with Gasteiger partial charge < -0.3 is 5.32 Å². The van der Waals surface area contributed by atoms with Gasteiger partial charge in [0.1, 0.15) is 5.69 Å². The van der Waals surface area contributed by atoms with Gasteiger partial charge in [-0.3, -0.25) is 14.9 Å². The molecule has 2 heterocycles. The summed E-state index contributed by atoms with van der Waals surface area (Å²) in [6.07, 6.45) is 3.35. The van der Waals surface area contributed by atoms with Crippen molar-refractivity contribution in [3.05, 3.63) is 65.6 Å². The monoisotopic (exact) mass is 298 g/mol. The molecule has 0 saturated carbocycles. The molecule has 21 heavy (non-hydrogen) atoms. The lowest BCUT2D eigenvalue weighted by Gasteiger charge is -2.03. The number of amides is 1. The second kappa shape index (κ2) is 5.76. The van der Waals surface area contributed by atoms with E-state index in [-0.39, 0.29) is 5.91 Å². The molecule has 5 nitrogen and oxygen atoms in total. The number of rotatable bonds is 3. The third kappa shape index (κ3) is 3.09. The first-order valence-electron chi connectivity index (χ1n) is 6.25. The van der Waals surface area contributed by atoms with E-state index in [0.29, 0.717) is 22.1 Å². The topological polar surface area (TPSA) is 70.7 Å². The quantitative estimate of drug-likeness (QED) is 0.778. The first-order chi connectivity index (χ1) is 10.2. The van der Waals surface area contributed by atoms with Crippen LogP contribution in [0.25, 0.3) is 11.3 Å². The first-order valence-corrected chi connectivity index (χ1v) is 6.63. The summed E-state index contributed by atoms with van der Waals surface area (Å²) in [5.41, 5.74) is 2.59. The molecule has 104 valence electrons. The fourth-order valence-corrected chi connectivity index (χ4v) is 2.06. The molecule has 6 heteroatoms. The molecular formula is C15H11ClN4O. The number of carbonyl (C=O) groups excluding carboxylic acids is 1. The van der Waals surface area contributed by atoms with E-state index < -0.39 is 0 Å². The highest BCUT2D eigenvalue weighted by Crippen LogP contribution is 2.18. The Labute approximate surface area is 126 Å². The van der Waals surface area contributed by atoms with Crippen LogP contribution >= 0.6 is 11.6 Å². The lowest BCUT2D eigenvalue weighted by atomic mass is 10.2. The zero-order valence-electron chi connectivity index (χ0n) is 10.9. The van der Waals surface area contributed by atoms with Gasteiger partial charge in [0.05, 0.1) is 5.69 Å². The van der Waals surface area contributed by atoms with Crippen molar-refractivity contribution in [1.29, 1.82) is 0 Å². The average Bonchev–Trinajstić information content (AvgIpc) is 2.98. The number of aromatic nitrogens is 3.